The fourth-order valence-electron chi connectivity index (χ4n) is 4.02. The number of carbonyl (C=O) groups is 1. The minimum Gasteiger partial charge on any atom is -0.329 e. The summed E-state index contributed by atoms with van der Waals surface area (Å²) in [7, 11) is 0. The maximum atomic E-state index is 12.7. The average molecular weight is 289 g/mol. The monoisotopic (exact) mass is 289 g/mol. The summed E-state index contributed by atoms with van der Waals surface area (Å²) in [5.74, 6) is 0.307. The second kappa shape index (κ2) is 6.30. The number of ketones is 1. The predicted molar refractivity (Wildman–Crippen MR) is 83.0 cm³/mol. The highest BCUT2D eigenvalue weighted by Crippen LogP contribution is 2.37. The Kier molecular flexibility index (Phi) is 4.43. The van der Waals surface area contributed by atoms with Crippen LogP contribution in [-0.4, -0.2) is 22.1 Å². The molecule has 116 valence electrons. The van der Waals surface area contributed by atoms with Gasteiger partial charge in [-0.1, -0.05) is 32.1 Å². The molecule has 21 heavy (non-hydrogen) atoms. The molecule has 2 fully saturated rings. The summed E-state index contributed by atoms with van der Waals surface area (Å²) in [6.45, 7) is 0.495. The SMILES string of the molecule is NCC1(C(=O)Cc2ccn(C3CCCC3)n2)CCCCC1. The van der Waals surface area contributed by atoms with E-state index >= 15 is 0 Å². The number of hydrogen-bond donors (Lipinski definition) is 1. The quantitative estimate of drug-likeness (QED) is 0.906. The number of nitrogens with zero attached hydrogens (tertiary/aromatic N) is 2. The molecular formula is C17H27N3O. The van der Waals surface area contributed by atoms with Crippen molar-refractivity contribution >= 4 is 5.78 Å². The number of Topliss-reactive ketones (excluding diaryl/α,β-unsaturated/α-hetero) is 1. The number of rotatable bonds is 5. The van der Waals surface area contributed by atoms with Crippen molar-refractivity contribution in [3.63, 3.8) is 0 Å². The van der Waals surface area contributed by atoms with Crippen molar-refractivity contribution in [2.24, 2.45) is 11.1 Å². The summed E-state index contributed by atoms with van der Waals surface area (Å²) in [4.78, 5) is 12.7. The molecule has 0 spiro atoms. The Morgan fingerprint density at radius 2 is 1.95 bits per heavy atom. The normalized spacial score (nSPS) is 22.5. The molecule has 0 unspecified atom stereocenters. The number of aromatic nitrogens is 2. The minimum absolute atomic E-state index is 0.268. The Labute approximate surface area is 127 Å². The Hall–Kier alpha value is -1.16. The molecule has 4 nitrogen and oxygen atoms in total. The van der Waals surface area contributed by atoms with Gasteiger partial charge in [0, 0.05) is 18.2 Å². The molecule has 0 bridgehead atoms. The highest BCUT2D eigenvalue weighted by molar-refractivity contribution is 5.86. The van der Waals surface area contributed by atoms with E-state index in [0.717, 1.165) is 31.4 Å². The molecule has 2 aliphatic rings. The largest absolute Gasteiger partial charge is 0.329 e. The Bertz CT molecular complexity index is 482. The Morgan fingerprint density at radius 1 is 1.24 bits per heavy atom. The van der Waals surface area contributed by atoms with E-state index in [1.807, 2.05) is 6.07 Å². The number of carbonyl (C=O) groups excluding carboxylic acids is 1. The zero-order valence-electron chi connectivity index (χ0n) is 12.9. The van der Waals surface area contributed by atoms with Gasteiger partial charge in [-0.2, -0.15) is 5.10 Å². The van der Waals surface area contributed by atoms with E-state index in [1.165, 1.54) is 32.1 Å². The lowest BCUT2D eigenvalue weighted by Gasteiger charge is -2.34. The van der Waals surface area contributed by atoms with Crippen molar-refractivity contribution in [2.45, 2.75) is 70.3 Å². The zero-order valence-corrected chi connectivity index (χ0v) is 12.9. The van der Waals surface area contributed by atoms with Crippen LogP contribution in [0, 0.1) is 5.41 Å². The molecule has 2 saturated carbocycles. The van der Waals surface area contributed by atoms with Crippen molar-refractivity contribution in [2.75, 3.05) is 6.54 Å². The molecule has 2 aliphatic carbocycles. The Balaban J connectivity index is 1.66. The van der Waals surface area contributed by atoms with E-state index in [2.05, 4.69) is 16.0 Å². The van der Waals surface area contributed by atoms with Gasteiger partial charge in [0.25, 0.3) is 0 Å². The molecule has 0 radical (unpaired) electrons. The molecule has 0 aromatic carbocycles. The van der Waals surface area contributed by atoms with Crippen molar-refractivity contribution in [3.05, 3.63) is 18.0 Å². The highest BCUT2D eigenvalue weighted by atomic mass is 16.1. The fraction of sp³-hybridized carbons (Fsp3) is 0.765. The summed E-state index contributed by atoms with van der Waals surface area (Å²) in [6, 6.07) is 2.57. The molecule has 1 heterocycles. The maximum absolute atomic E-state index is 12.7. The van der Waals surface area contributed by atoms with Crippen LogP contribution >= 0.6 is 0 Å². The molecule has 2 N–H and O–H groups in total. The van der Waals surface area contributed by atoms with E-state index < -0.39 is 0 Å². The smallest absolute Gasteiger partial charge is 0.146 e. The minimum atomic E-state index is -0.268. The standard InChI is InChI=1S/C17H27N3O/c18-13-17(9-4-1-5-10-17)16(21)12-14-8-11-20(19-14)15-6-2-3-7-15/h8,11,15H,1-7,9-10,12-13,18H2. The first kappa shape index (κ1) is 14.8. The molecule has 1 aromatic heterocycles. The molecule has 0 aliphatic heterocycles. The van der Waals surface area contributed by atoms with E-state index in [-0.39, 0.29) is 5.41 Å². The fourth-order valence-corrected chi connectivity index (χ4v) is 4.02. The van der Waals surface area contributed by atoms with Crippen LogP contribution in [0.3, 0.4) is 0 Å². The molecule has 3 rings (SSSR count). The van der Waals surface area contributed by atoms with Crippen LogP contribution in [0.5, 0.6) is 0 Å². The van der Waals surface area contributed by atoms with Crippen molar-refractivity contribution in [1.82, 2.24) is 9.78 Å². The van der Waals surface area contributed by atoms with E-state index in [4.69, 9.17) is 5.73 Å². The lowest BCUT2D eigenvalue weighted by atomic mass is 9.70. The topological polar surface area (TPSA) is 60.9 Å². The van der Waals surface area contributed by atoms with Crippen LogP contribution in [0.1, 0.15) is 69.5 Å². The summed E-state index contributed by atoms with van der Waals surface area (Å²) in [5.41, 5.74) is 6.60. The van der Waals surface area contributed by atoms with Crippen molar-refractivity contribution in [1.29, 1.82) is 0 Å². The van der Waals surface area contributed by atoms with Crippen LogP contribution in [0.4, 0.5) is 0 Å². The number of nitrogens with two attached hydrogens (primary N) is 1. The van der Waals surface area contributed by atoms with E-state index in [9.17, 15) is 4.79 Å². The first-order chi connectivity index (χ1) is 10.2. The van der Waals surface area contributed by atoms with Crippen LogP contribution in [-0.2, 0) is 11.2 Å². The third-order valence-electron chi connectivity index (χ3n) is 5.50. The molecule has 4 heteroatoms. The van der Waals surface area contributed by atoms with Gasteiger partial charge in [0.15, 0.2) is 0 Å². The Morgan fingerprint density at radius 3 is 2.62 bits per heavy atom. The summed E-state index contributed by atoms with van der Waals surface area (Å²) in [5, 5.41) is 4.65. The molecule has 0 saturated heterocycles. The summed E-state index contributed by atoms with van der Waals surface area (Å²) in [6.07, 6.45) is 13.0. The summed E-state index contributed by atoms with van der Waals surface area (Å²) >= 11 is 0. The number of hydrogen-bond acceptors (Lipinski definition) is 3. The molecule has 1 aromatic rings. The molecular weight excluding hydrogens is 262 g/mol. The van der Waals surface area contributed by atoms with Gasteiger partial charge in [0.1, 0.15) is 5.78 Å². The van der Waals surface area contributed by atoms with Gasteiger partial charge in [0.05, 0.1) is 18.2 Å². The third kappa shape index (κ3) is 3.05. The third-order valence-corrected chi connectivity index (χ3v) is 5.50. The lowest BCUT2D eigenvalue weighted by Crippen LogP contribution is -2.41. The second-order valence-corrected chi connectivity index (χ2v) is 6.87. The van der Waals surface area contributed by atoms with Crippen LogP contribution < -0.4 is 5.73 Å². The van der Waals surface area contributed by atoms with Gasteiger partial charge in [0.2, 0.25) is 0 Å². The predicted octanol–water partition coefficient (Wildman–Crippen LogP) is 3.02. The van der Waals surface area contributed by atoms with E-state index in [1.54, 1.807) is 0 Å². The maximum Gasteiger partial charge on any atom is 0.146 e. The molecule has 0 atom stereocenters. The lowest BCUT2D eigenvalue weighted by molar-refractivity contribution is -0.129. The van der Waals surface area contributed by atoms with Gasteiger partial charge >= 0.3 is 0 Å². The van der Waals surface area contributed by atoms with Gasteiger partial charge in [-0.3, -0.25) is 9.48 Å². The first-order valence-electron chi connectivity index (χ1n) is 8.51. The zero-order chi connectivity index (χ0) is 14.7. The van der Waals surface area contributed by atoms with Crippen molar-refractivity contribution < 1.29 is 4.79 Å². The van der Waals surface area contributed by atoms with Crippen molar-refractivity contribution in [3.8, 4) is 0 Å². The van der Waals surface area contributed by atoms with Gasteiger partial charge < -0.3 is 5.73 Å². The molecule has 0 amide bonds. The van der Waals surface area contributed by atoms with Crippen LogP contribution in [0.15, 0.2) is 12.3 Å². The first-order valence-corrected chi connectivity index (χ1v) is 8.51. The second-order valence-electron chi connectivity index (χ2n) is 6.87. The van der Waals surface area contributed by atoms with E-state index in [0.29, 0.717) is 24.8 Å². The van der Waals surface area contributed by atoms with Crippen LogP contribution in [0.2, 0.25) is 0 Å². The van der Waals surface area contributed by atoms with Gasteiger partial charge in [-0.15, -0.1) is 0 Å². The highest BCUT2D eigenvalue weighted by Gasteiger charge is 2.37. The summed E-state index contributed by atoms with van der Waals surface area (Å²) < 4.78 is 2.08. The van der Waals surface area contributed by atoms with Crippen LogP contribution in [0.25, 0.3) is 0 Å². The van der Waals surface area contributed by atoms with Gasteiger partial charge in [-0.05, 0) is 31.7 Å². The van der Waals surface area contributed by atoms with Gasteiger partial charge in [-0.25, -0.2) is 0 Å². The average Bonchev–Trinajstić information content (AvgIpc) is 3.18.